The van der Waals surface area contributed by atoms with E-state index in [-0.39, 0.29) is 31.1 Å². The van der Waals surface area contributed by atoms with Gasteiger partial charge in [-0.3, -0.25) is 14.4 Å². The zero-order chi connectivity index (χ0) is 38.9. The molecule has 0 radical (unpaired) electrons. The van der Waals surface area contributed by atoms with Gasteiger partial charge in [0.15, 0.2) is 6.10 Å². The summed E-state index contributed by atoms with van der Waals surface area (Å²) >= 11 is 0. The molecular formula is C47H90O6. The molecule has 0 aliphatic heterocycles. The van der Waals surface area contributed by atoms with Crippen molar-refractivity contribution in [1.82, 2.24) is 0 Å². The summed E-state index contributed by atoms with van der Waals surface area (Å²) in [5.74, 6) is -0.0391. The smallest absolute Gasteiger partial charge is 0.306 e. The quantitative estimate of drug-likeness (QED) is 0.0351. The molecule has 0 saturated heterocycles. The van der Waals surface area contributed by atoms with Crippen LogP contribution in [0.2, 0.25) is 0 Å². The highest BCUT2D eigenvalue weighted by atomic mass is 16.6. The van der Waals surface area contributed by atoms with Gasteiger partial charge < -0.3 is 14.2 Å². The molecule has 0 aromatic heterocycles. The van der Waals surface area contributed by atoms with E-state index in [0.29, 0.717) is 19.3 Å². The van der Waals surface area contributed by atoms with Crippen LogP contribution in [0.1, 0.15) is 259 Å². The van der Waals surface area contributed by atoms with Crippen molar-refractivity contribution in [2.45, 2.75) is 265 Å². The number of hydrogen-bond donors (Lipinski definition) is 0. The normalized spacial score (nSPS) is 11.9. The average molecular weight is 751 g/mol. The van der Waals surface area contributed by atoms with Gasteiger partial charge in [-0.05, 0) is 25.2 Å². The van der Waals surface area contributed by atoms with Crippen molar-refractivity contribution in [3.05, 3.63) is 0 Å². The molecule has 0 heterocycles. The van der Waals surface area contributed by atoms with E-state index in [1.54, 1.807) is 0 Å². The Morgan fingerprint density at radius 2 is 0.623 bits per heavy atom. The van der Waals surface area contributed by atoms with Crippen molar-refractivity contribution in [1.29, 1.82) is 0 Å². The summed E-state index contributed by atoms with van der Waals surface area (Å²) in [6.07, 6.45) is 41.2. The minimum absolute atomic E-state index is 0.0647. The number of carbonyl (C=O) groups is 3. The van der Waals surface area contributed by atoms with Crippen LogP contribution in [-0.2, 0) is 28.6 Å². The van der Waals surface area contributed by atoms with E-state index in [4.69, 9.17) is 14.2 Å². The number of esters is 3. The largest absolute Gasteiger partial charge is 0.462 e. The van der Waals surface area contributed by atoms with Crippen molar-refractivity contribution < 1.29 is 28.6 Å². The van der Waals surface area contributed by atoms with Crippen LogP contribution in [0.3, 0.4) is 0 Å². The van der Waals surface area contributed by atoms with E-state index in [0.717, 1.165) is 70.1 Å². The summed E-state index contributed by atoms with van der Waals surface area (Å²) < 4.78 is 16.6. The maximum atomic E-state index is 12.7. The van der Waals surface area contributed by atoms with Gasteiger partial charge in [-0.2, -0.15) is 0 Å². The van der Waals surface area contributed by atoms with E-state index in [9.17, 15) is 14.4 Å². The van der Waals surface area contributed by atoms with Crippen LogP contribution in [0.5, 0.6) is 0 Å². The lowest BCUT2D eigenvalue weighted by Gasteiger charge is -2.18. The third-order valence-corrected chi connectivity index (χ3v) is 10.5. The Morgan fingerprint density at radius 1 is 0.358 bits per heavy atom. The SMILES string of the molecule is CCCCCCCCCCCCCCCCCCC(=O)O[C@H](COC(=O)CCCCCCC)COC(=O)CCCCCCCCCCCCCC(C)C. The molecule has 6 heteroatoms. The average Bonchev–Trinajstić information content (AvgIpc) is 3.14. The van der Waals surface area contributed by atoms with Gasteiger partial charge in [-0.15, -0.1) is 0 Å². The number of carbonyl (C=O) groups excluding carboxylic acids is 3. The molecule has 53 heavy (non-hydrogen) atoms. The van der Waals surface area contributed by atoms with Gasteiger partial charge in [0.25, 0.3) is 0 Å². The van der Waals surface area contributed by atoms with E-state index in [1.807, 2.05) is 0 Å². The summed E-state index contributed by atoms with van der Waals surface area (Å²) in [6.45, 7) is 8.92. The summed E-state index contributed by atoms with van der Waals surface area (Å²) in [5, 5.41) is 0. The van der Waals surface area contributed by atoms with Gasteiger partial charge >= 0.3 is 17.9 Å². The van der Waals surface area contributed by atoms with Gasteiger partial charge in [0, 0.05) is 19.3 Å². The second-order valence-corrected chi connectivity index (χ2v) is 16.5. The standard InChI is InChI=1S/C47H90O6/c1-5-7-9-11-12-13-14-15-16-17-18-21-25-28-32-36-40-47(50)53-44(41-51-45(48)38-34-29-10-8-6-2)42-52-46(49)39-35-31-27-24-22-19-20-23-26-30-33-37-43(3)4/h43-44H,5-42H2,1-4H3/t44-/m1/s1. The van der Waals surface area contributed by atoms with Crippen LogP contribution >= 0.6 is 0 Å². The molecule has 0 unspecified atom stereocenters. The molecule has 0 amide bonds. The molecule has 0 bridgehead atoms. The summed E-state index contributed by atoms with van der Waals surface area (Å²) in [4.78, 5) is 37.5. The Kier molecular flexibility index (Phi) is 40.3. The Hall–Kier alpha value is -1.59. The molecule has 1 atom stereocenters. The third kappa shape index (κ3) is 41.4. The van der Waals surface area contributed by atoms with Crippen molar-refractivity contribution >= 4 is 17.9 Å². The first-order chi connectivity index (χ1) is 25.9. The lowest BCUT2D eigenvalue weighted by Crippen LogP contribution is -2.30. The molecule has 0 N–H and O–H groups in total. The predicted molar refractivity (Wildman–Crippen MR) is 224 cm³/mol. The van der Waals surface area contributed by atoms with Gasteiger partial charge in [0.2, 0.25) is 0 Å². The van der Waals surface area contributed by atoms with Crippen molar-refractivity contribution in [2.24, 2.45) is 5.92 Å². The lowest BCUT2D eigenvalue weighted by atomic mass is 10.0. The maximum Gasteiger partial charge on any atom is 0.306 e. The number of ether oxygens (including phenoxy) is 3. The minimum Gasteiger partial charge on any atom is -0.462 e. The highest BCUT2D eigenvalue weighted by Crippen LogP contribution is 2.16. The highest BCUT2D eigenvalue weighted by molar-refractivity contribution is 5.71. The third-order valence-electron chi connectivity index (χ3n) is 10.5. The monoisotopic (exact) mass is 751 g/mol. The molecule has 0 aromatic carbocycles. The van der Waals surface area contributed by atoms with Crippen LogP contribution in [0.4, 0.5) is 0 Å². The summed E-state index contributed by atoms with van der Waals surface area (Å²) in [6, 6.07) is 0. The molecule has 0 fully saturated rings. The molecule has 0 aliphatic rings. The van der Waals surface area contributed by atoms with E-state index in [2.05, 4.69) is 27.7 Å². The molecule has 6 nitrogen and oxygen atoms in total. The first kappa shape index (κ1) is 51.4. The fourth-order valence-electron chi connectivity index (χ4n) is 6.98. The van der Waals surface area contributed by atoms with Gasteiger partial charge in [0.05, 0.1) is 0 Å². The first-order valence-electron chi connectivity index (χ1n) is 23.4. The van der Waals surface area contributed by atoms with Crippen LogP contribution in [-0.4, -0.2) is 37.2 Å². The first-order valence-corrected chi connectivity index (χ1v) is 23.4. The molecule has 0 spiro atoms. The Labute approximate surface area is 329 Å². The topological polar surface area (TPSA) is 78.9 Å². The zero-order valence-corrected chi connectivity index (χ0v) is 36.0. The molecule has 314 valence electrons. The maximum absolute atomic E-state index is 12.7. The van der Waals surface area contributed by atoms with Crippen LogP contribution < -0.4 is 0 Å². The zero-order valence-electron chi connectivity index (χ0n) is 36.0. The molecular weight excluding hydrogens is 661 g/mol. The molecule has 0 aromatic rings. The Bertz CT molecular complexity index is 796. The molecule has 0 rings (SSSR count). The Morgan fingerprint density at radius 3 is 0.925 bits per heavy atom. The van der Waals surface area contributed by atoms with E-state index < -0.39 is 6.10 Å². The predicted octanol–water partition coefficient (Wildman–Crippen LogP) is 14.7. The van der Waals surface area contributed by atoms with Gasteiger partial charge in [-0.25, -0.2) is 0 Å². The minimum atomic E-state index is -0.758. The molecule has 0 aliphatic carbocycles. The second kappa shape index (κ2) is 41.6. The van der Waals surface area contributed by atoms with Crippen molar-refractivity contribution in [3.8, 4) is 0 Å². The summed E-state index contributed by atoms with van der Waals surface area (Å²) in [5.41, 5.74) is 0. The fourth-order valence-corrected chi connectivity index (χ4v) is 6.98. The highest BCUT2D eigenvalue weighted by Gasteiger charge is 2.19. The van der Waals surface area contributed by atoms with Crippen molar-refractivity contribution in [2.75, 3.05) is 13.2 Å². The van der Waals surface area contributed by atoms with Gasteiger partial charge in [0.1, 0.15) is 13.2 Å². The Balaban J connectivity index is 4.16. The number of rotatable bonds is 42. The van der Waals surface area contributed by atoms with Gasteiger partial charge in [-0.1, -0.05) is 220 Å². The molecule has 0 saturated carbocycles. The second-order valence-electron chi connectivity index (χ2n) is 16.5. The van der Waals surface area contributed by atoms with Crippen LogP contribution in [0, 0.1) is 5.92 Å². The van der Waals surface area contributed by atoms with E-state index >= 15 is 0 Å². The van der Waals surface area contributed by atoms with Crippen LogP contribution in [0.15, 0.2) is 0 Å². The summed E-state index contributed by atoms with van der Waals surface area (Å²) in [7, 11) is 0. The van der Waals surface area contributed by atoms with Crippen LogP contribution in [0.25, 0.3) is 0 Å². The lowest BCUT2D eigenvalue weighted by molar-refractivity contribution is -0.167. The number of hydrogen-bond acceptors (Lipinski definition) is 6. The van der Waals surface area contributed by atoms with Crippen molar-refractivity contribution in [3.63, 3.8) is 0 Å². The number of unbranched alkanes of at least 4 members (excludes halogenated alkanes) is 29. The van der Waals surface area contributed by atoms with E-state index in [1.165, 1.54) is 148 Å². The fraction of sp³-hybridized carbons (Fsp3) is 0.936.